The van der Waals surface area contributed by atoms with E-state index in [1.54, 1.807) is 19.3 Å². The van der Waals surface area contributed by atoms with Gasteiger partial charge in [0, 0.05) is 37.9 Å². The van der Waals surface area contributed by atoms with Crippen LogP contribution in [-0.4, -0.2) is 52.5 Å². The highest BCUT2D eigenvalue weighted by atomic mass is 16.3. The number of carbonyl (C=O) groups excluding carboxylic acids is 2. The lowest BCUT2D eigenvalue weighted by Gasteiger charge is -2.37. The number of hydrogen-bond donors (Lipinski definition) is 2. The lowest BCUT2D eigenvalue weighted by molar-refractivity contribution is -0.139. The summed E-state index contributed by atoms with van der Waals surface area (Å²) in [6.45, 7) is 1.39. The van der Waals surface area contributed by atoms with E-state index >= 15 is 0 Å². The number of aromatic nitrogens is 1. The number of hydrogen-bond acceptors (Lipinski definition) is 4. The molecule has 1 saturated heterocycles. The Hall–Kier alpha value is -1.95. The van der Waals surface area contributed by atoms with Gasteiger partial charge in [0.25, 0.3) is 5.91 Å². The van der Waals surface area contributed by atoms with E-state index in [0.29, 0.717) is 12.1 Å². The molecule has 3 rings (SSSR count). The SMILES string of the molecule is CNC(=O)c1ccc([C@@H]2CCCN(C(=O)CC3(O)CCCCC3)C2)nc1. The first-order valence-electron chi connectivity index (χ1n) is 9.69. The van der Waals surface area contributed by atoms with Gasteiger partial charge in [-0.05, 0) is 37.8 Å². The third-order valence-electron chi connectivity index (χ3n) is 5.73. The summed E-state index contributed by atoms with van der Waals surface area (Å²) < 4.78 is 0. The molecule has 0 unspecified atom stereocenters. The molecule has 2 fully saturated rings. The van der Waals surface area contributed by atoms with Gasteiger partial charge in [0.15, 0.2) is 0 Å². The van der Waals surface area contributed by atoms with Crippen LogP contribution in [-0.2, 0) is 4.79 Å². The molecule has 1 atom stereocenters. The van der Waals surface area contributed by atoms with Crippen LogP contribution < -0.4 is 5.32 Å². The molecule has 6 nitrogen and oxygen atoms in total. The second-order valence-electron chi connectivity index (χ2n) is 7.69. The minimum absolute atomic E-state index is 0.0566. The highest BCUT2D eigenvalue weighted by Gasteiger charge is 2.35. The van der Waals surface area contributed by atoms with Crippen molar-refractivity contribution in [1.82, 2.24) is 15.2 Å². The first-order valence-corrected chi connectivity index (χ1v) is 9.69. The summed E-state index contributed by atoms with van der Waals surface area (Å²) in [7, 11) is 1.60. The highest BCUT2D eigenvalue weighted by molar-refractivity contribution is 5.93. The van der Waals surface area contributed by atoms with Crippen molar-refractivity contribution in [3.8, 4) is 0 Å². The number of aliphatic hydroxyl groups is 1. The lowest BCUT2D eigenvalue weighted by Crippen LogP contribution is -2.44. The fraction of sp³-hybridized carbons (Fsp3) is 0.650. The van der Waals surface area contributed by atoms with Gasteiger partial charge in [0.05, 0.1) is 17.6 Å². The van der Waals surface area contributed by atoms with E-state index in [9.17, 15) is 14.7 Å². The van der Waals surface area contributed by atoms with E-state index in [1.807, 2.05) is 11.0 Å². The van der Waals surface area contributed by atoms with Crippen LogP contribution in [0.1, 0.15) is 73.3 Å². The summed E-state index contributed by atoms with van der Waals surface area (Å²) in [6.07, 6.45) is 8.40. The van der Waals surface area contributed by atoms with Crippen molar-refractivity contribution in [2.24, 2.45) is 0 Å². The van der Waals surface area contributed by atoms with Crippen molar-refractivity contribution < 1.29 is 14.7 Å². The van der Waals surface area contributed by atoms with Crippen molar-refractivity contribution >= 4 is 11.8 Å². The minimum Gasteiger partial charge on any atom is -0.389 e. The molecule has 6 heteroatoms. The smallest absolute Gasteiger partial charge is 0.252 e. The Labute approximate surface area is 155 Å². The van der Waals surface area contributed by atoms with Crippen LogP contribution in [0.4, 0.5) is 0 Å². The Morgan fingerprint density at radius 2 is 2.04 bits per heavy atom. The molecule has 1 aliphatic carbocycles. The summed E-state index contributed by atoms with van der Waals surface area (Å²) >= 11 is 0. The largest absolute Gasteiger partial charge is 0.389 e. The van der Waals surface area contributed by atoms with Gasteiger partial charge in [0.1, 0.15) is 0 Å². The van der Waals surface area contributed by atoms with Gasteiger partial charge in [-0.2, -0.15) is 0 Å². The van der Waals surface area contributed by atoms with Crippen molar-refractivity contribution in [3.63, 3.8) is 0 Å². The third-order valence-corrected chi connectivity index (χ3v) is 5.73. The number of nitrogens with zero attached hydrogens (tertiary/aromatic N) is 2. The van der Waals surface area contributed by atoms with Crippen LogP contribution in [0.2, 0.25) is 0 Å². The van der Waals surface area contributed by atoms with E-state index in [4.69, 9.17) is 0 Å². The zero-order valence-corrected chi connectivity index (χ0v) is 15.5. The molecule has 0 spiro atoms. The van der Waals surface area contributed by atoms with Gasteiger partial charge in [-0.25, -0.2) is 0 Å². The van der Waals surface area contributed by atoms with E-state index in [1.165, 1.54) is 0 Å². The second-order valence-corrected chi connectivity index (χ2v) is 7.69. The van der Waals surface area contributed by atoms with Gasteiger partial charge in [0.2, 0.25) is 5.91 Å². The zero-order valence-electron chi connectivity index (χ0n) is 15.5. The number of amides is 2. The predicted octanol–water partition coefficient (Wildman–Crippen LogP) is 2.23. The topological polar surface area (TPSA) is 82.5 Å². The van der Waals surface area contributed by atoms with Crippen molar-refractivity contribution in [2.45, 2.75) is 62.9 Å². The maximum Gasteiger partial charge on any atom is 0.252 e. The van der Waals surface area contributed by atoms with E-state index in [-0.39, 0.29) is 24.2 Å². The number of nitrogens with one attached hydrogen (secondary N) is 1. The molecule has 0 aromatic carbocycles. The van der Waals surface area contributed by atoms with Crippen molar-refractivity contribution in [2.75, 3.05) is 20.1 Å². The third kappa shape index (κ3) is 4.41. The number of carbonyl (C=O) groups is 2. The Morgan fingerprint density at radius 3 is 2.69 bits per heavy atom. The number of pyridine rings is 1. The maximum absolute atomic E-state index is 12.7. The molecule has 1 saturated carbocycles. The molecule has 1 aromatic rings. The molecular weight excluding hydrogens is 330 g/mol. The second kappa shape index (κ2) is 8.16. The molecule has 0 radical (unpaired) electrons. The standard InChI is InChI=1S/C20H29N3O3/c1-21-19(25)15-7-8-17(22-13-15)16-6-5-11-23(14-16)18(24)12-20(26)9-3-2-4-10-20/h7-8,13,16,26H,2-6,9-12,14H2,1H3,(H,21,25)/t16-/m1/s1. The normalized spacial score (nSPS) is 22.7. The minimum atomic E-state index is -0.810. The van der Waals surface area contributed by atoms with E-state index < -0.39 is 5.60 Å². The number of rotatable bonds is 4. The van der Waals surface area contributed by atoms with Crippen LogP contribution in [0.15, 0.2) is 18.3 Å². The van der Waals surface area contributed by atoms with Crippen LogP contribution in [0, 0.1) is 0 Å². The van der Waals surface area contributed by atoms with E-state index in [2.05, 4.69) is 10.3 Å². The maximum atomic E-state index is 12.7. The van der Waals surface area contributed by atoms with Gasteiger partial charge in [-0.15, -0.1) is 0 Å². The van der Waals surface area contributed by atoms with Crippen LogP contribution in [0.25, 0.3) is 0 Å². The fourth-order valence-corrected chi connectivity index (χ4v) is 4.15. The molecule has 2 N–H and O–H groups in total. The molecule has 1 aromatic heterocycles. The average Bonchev–Trinajstić information content (AvgIpc) is 2.68. The Kier molecular flexibility index (Phi) is 5.91. The summed E-state index contributed by atoms with van der Waals surface area (Å²) in [5, 5.41) is 13.3. The van der Waals surface area contributed by atoms with Crippen LogP contribution in [0.5, 0.6) is 0 Å². The van der Waals surface area contributed by atoms with Gasteiger partial charge in [-0.1, -0.05) is 19.3 Å². The monoisotopic (exact) mass is 359 g/mol. The molecule has 2 aliphatic rings. The summed E-state index contributed by atoms with van der Waals surface area (Å²) in [5.74, 6) is 0.0961. The molecule has 2 amide bonds. The molecule has 1 aliphatic heterocycles. The summed E-state index contributed by atoms with van der Waals surface area (Å²) in [5.41, 5.74) is 0.654. The fourth-order valence-electron chi connectivity index (χ4n) is 4.15. The first kappa shape index (κ1) is 18.8. The van der Waals surface area contributed by atoms with Crippen molar-refractivity contribution in [3.05, 3.63) is 29.6 Å². The Balaban J connectivity index is 1.61. The number of likely N-dealkylation sites (tertiary alicyclic amines) is 1. The molecule has 26 heavy (non-hydrogen) atoms. The van der Waals surface area contributed by atoms with Gasteiger partial charge >= 0.3 is 0 Å². The Bertz CT molecular complexity index is 638. The first-order chi connectivity index (χ1) is 12.5. The average molecular weight is 359 g/mol. The molecule has 0 bridgehead atoms. The quantitative estimate of drug-likeness (QED) is 0.864. The molecular formula is C20H29N3O3. The lowest BCUT2D eigenvalue weighted by atomic mass is 9.82. The Morgan fingerprint density at radius 1 is 1.27 bits per heavy atom. The van der Waals surface area contributed by atoms with Gasteiger partial charge in [-0.3, -0.25) is 14.6 Å². The highest BCUT2D eigenvalue weighted by Crippen LogP contribution is 2.33. The predicted molar refractivity (Wildman–Crippen MR) is 98.8 cm³/mol. The zero-order chi connectivity index (χ0) is 18.6. The molecule has 2 heterocycles. The van der Waals surface area contributed by atoms with Crippen LogP contribution in [0.3, 0.4) is 0 Å². The van der Waals surface area contributed by atoms with Crippen molar-refractivity contribution in [1.29, 1.82) is 0 Å². The molecule has 142 valence electrons. The van der Waals surface area contributed by atoms with Crippen LogP contribution >= 0.6 is 0 Å². The summed E-state index contributed by atoms with van der Waals surface area (Å²) in [4.78, 5) is 30.7. The van der Waals surface area contributed by atoms with E-state index in [0.717, 1.165) is 57.2 Å². The van der Waals surface area contributed by atoms with Gasteiger partial charge < -0.3 is 15.3 Å². The summed E-state index contributed by atoms with van der Waals surface area (Å²) in [6, 6.07) is 3.67. The number of piperidine rings is 1.